The molecule has 0 aromatic rings. The normalized spacial score (nSPS) is 6.43. The standard InChI is InChI=1S/C3H4O3.Er/c1-2(4)3(5)6;/h1H3,(H,5,6);. The van der Waals surface area contributed by atoms with E-state index in [0.717, 1.165) is 6.92 Å². The van der Waals surface area contributed by atoms with Crippen LogP contribution in [0.3, 0.4) is 0 Å². The third-order valence-electron chi connectivity index (χ3n) is 0.301. The first-order chi connectivity index (χ1) is 2.64. The molecule has 0 heterocycles. The average molecular weight is 255 g/mol. The number of rotatable bonds is 1. The molecule has 0 unspecified atom stereocenters. The number of hydrogen-bond donors (Lipinski definition) is 1. The molecule has 0 aliphatic carbocycles. The first kappa shape index (κ1) is 10.4. The first-order valence-corrected chi connectivity index (χ1v) is 1.38. The number of ketones is 1. The third kappa shape index (κ3) is 6.39. The summed E-state index contributed by atoms with van der Waals surface area (Å²) in [7, 11) is 0. The number of aliphatic carboxylic acids is 1. The summed E-state index contributed by atoms with van der Waals surface area (Å²) in [6.07, 6.45) is 0. The van der Waals surface area contributed by atoms with Crippen LogP contribution >= 0.6 is 0 Å². The molecule has 0 aromatic carbocycles. The van der Waals surface area contributed by atoms with Crippen molar-refractivity contribution in [1.82, 2.24) is 0 Å². The van der Waals surface area contributed by atoms with Gasteiger partial charge in [0.15, 0.2) is 0 Å². The van der Waals surface area contributed by atoms with Crippen LogP contribution in [-0.4, -0.2) is 16.9 Å². The van der Waals surface area contributed by atoms with Crippen LogP contribution in [0.5, 0.6) is 0 Å². The number of carboxylic acid groups (broad SMARTS) is 1. The van der Waals surface area contributed by atoms with Gasteiger partial charge < -0.3 is 5.11 Å². The van der Waals surface area contributed by atoms with Crippen molar-refractivity contribution in [3.63, 3.8) is 0 Å². The van der Waals surface area contributed by atoms with Crippen LogP contribution in [0.1, 0.15) is 6.92 Å². The molecule has 0 saturated carbocycles. The van der Waals surface area contributed by atoms with Crippen molar-refractivity contribution in [3.8, 4) is 0 Å². The van der Waals surface area contributed by atoms with E-state index in [-0.39, 0.29) is 37.3 Å². The molecule has 0 fully saturated rings. The molecule has 7 heavy (non-hydrogen) atoms. The monoisotopic (exact) mass is 254 g/mol. The first-order valence-electron chi connectivity index (χ1n) is 1.38. The van der Waals surface area contributed by atoms with Crippen molar-refractivity contribution in [2.45, 2.75) is 6.92 Å². The Morgan fingerprint density at radius 2 is 1.57 bits per heavy atom. The van der Waals surface area contributed by atoms with Gasteiger partial charge in [-0.3, -0.25) is 4.79 Å². The maximum Gasteiger partial charge on any atom is 0.371 e. The van der Waals surface area contributed by atoms with Gasteiger partial charge in [0.25, 0.3) is 0 Å². The molecular formula is C3H4ErO3. The molecule has 0 bridgehead atoms. The maximum absolute atomic E-state index is 9.54. The second-order valence-electron chi connectivity index (χ2n) is 0.861. The Morgan fingerprint density at radius 1 is 1.43 bits per heavy atom. The molecule has 0 atom stereocenters. The summed E-state index contributed by atoms with van der Waals surface area (Å²) in [5, 5.41) is 7.64. The van der Waals surface area contributed by atoms with E-state index in [1.165, 1.54) is 0 Å². The minimum atomic E-state index is -1.38. The fourth-order valence-electron chi connectivity index (χ4n) is 0. The van der Waals surface area contributed by atoms with Crippen molar-refractivity contribution in [2.24, 2.45) is 0 Å². The molecule has 0 aliphatic heterocycles. The number of Topliss-reactive ketones (excluding diaryl/α,β-unsaturated/α-hetero) is 1. The Hall–Kier alpha value is 0.387. The topological polar surface area (TPSA) is 54.4 Å². The van der Waals surface area contributed by atoms with E-state index in [2.05, 4.69) is 0 Å². The minimum absolute atomic E-state index is 0. The van der Waals surface area contributed by atoms with Gasteiger partial charge in [-0.25, -0.2) is 4.79 Å². The summed E-state index contributed by atoms with van der Waals surface area (Å²) < 4.78 is 0. The van der Waals surface area contributed by atoms with Crippen LogP contribution in [0.2, 0.25) is 0 Å². The Morgan fingerprint density at radius 3 is 1.57 bits per heavy atom. The zero-order valence-corrected chi connectivity index (χ0v) is 5.40. The molecule has 3 nitrogen and oxygen atoms in total. The van der Waals surface area contributed by atoms with Gasteiger partial charge >= 0.3 is 5.97 Å². The second-order valence-corrected chi connectivity index (χ2v) is 0.861. The molecule has 46 valence electrons. The summed E-state index contributed by atoms with van der Waals surface area (Å²) in [5.74, 6) is -2.20. The molecule has 0 rings (SSSR count). The van der Waals surface area contributed by atoms with Crippen molar-refractivity contribution in [2.75, 3.05) is 0 Å². The number of carbonyl (C=O) groups is 2. The fourth-order valence-corrected chi connectivity index (χ4v) is 0. The summed E-state index contributed by atoms with van der Waals surface area (Å²) >= 11 is 0. The summed E-state index contributed by atoms with van der Waals surface area (Å²) in [5.41, 5.74) is 0. The summed E-state index contributed by atoms with van der Waals surface area (Å²) in [4.78, 5) is 18.9. The SMILES string of the molecule is CC(=O)C(=O)O.[Er]. The van der Waals surface area contributed by atoms with Gasteiger partial charge in [-0.05, 0) is 0 Å². The maximum atomic E-state index is 9.54. The molecule has 0 radical (unpaired) electrons. The molecule has 0 aromatic heterocycles. The molecule has 0 amide bonds. The van der Waals surface area contributed by atoms with Gasteiger partial charge in [0.1, 0.15) is 0 Å². The predicted octanol–water partition coefficient (Wildman–Crippen LogP) is -0.340. The molecule has 1 N–H and O–H groups in total. The molecule has 0 spiro atoms. The average Bonchev–Trinajstić information content (AvgIpc) is 1.36. The smallest absolute Gasteiger partial charge is 0.371 e. The van der Waals surface area contributed by atoms with Crippen LogP contribution in [0.25, 0.3) is 0 Å². The van der Waals surface area contributed by atoms with Crippen molar-refractivity contribution < 1.29 is 52.0 Å². The van der Waals surface area contributed by atoms with Gasteiger partial charge in [0.2, 0.25) is 5.78 Å². The molecular weight excluding hydrogens is 251 g/mol. The van der Waals surface area contributed by atoms with Crippen LogP contribution in [-0.2, 0) is 9.59 Å². The van der Waals surface area contributed by atoms with Gasteiger partial charge in [-0.15, -0.1) is 0 Å². The number of hydrogen-bond acceptors (Lipinski definition) is 2. The van der Waals surface area contributed by atoms with Crippen molar-refractivity contribution in [3.05, 3.63) is 0 Å². The predicted molar refractivity (Wildman–Crippen MR) is 18.3 cm³/mol. The van der Waals surface area contributed by atoms with E-state index >= 15 is 0 Å². The van der Waals surface area contributed by atoms with E-state index in [1.807, 2.05) is 0 Å². The quantitative estimate of drug-likeness (QED) is 0.652. The van der Waals surface area contributed by atoms with Gasteiger partial charge in [-0.1, -0.05) is 0 Å². The van der Waals surface area contributed by atoms with E-state index in [0.29, 0.717) is 0 Å². The number of carboxylic acids is 1. The Balaban J connectivity index is 0. The second kappa shape index (κ2) is 4.54. The fraction of sp³-hybridized carbons (Fsp3) is 0.333. The number of carbonyl (C=O) groups excluding carboxylic acids is 1. The van der Waals surface area contributed by atoms with Crippen LogP contribution in [0, 0.1) is 37.3 Å². The molecule has 4 heteroatoms. The van der Waals surface area contributed by atoms with Gasteiger partial charge in [0.05, 0.1) is 0 Å². The summed E-state index contributed by atoms with van der Waals surface area (Å²) in [6, 6.07) is 0. The van der Waals surface area contributed by atoms with Crippen molar-refractivity contribution >= 4 is 11.8 Å². The molecule has 0 aliphatic rings. The summed E-state index contributed by atoms with van der Waals surface area (Å²) in [6.45, 7) is 1.00. The Kier molecular flexibility index (Phi) is 6.74. The van der Waals surface area contributed by atoms with E-state index in [4.69, 9.17) is 5.11 Å². The van der Waals surface area contributed by atoms with Gasteiger partial charge in [-0.2, -0.15) is 0 Å². The third-order valence-corrected chi connectivity index (χ3v) is 0.301. The van der Waals surface area contributed by atoms with Crippen LogP contribution in [0.15, 0.2) is 0 Å². The van der Waals surface area contributed by atoms with Crippen molar-refractivity contribution in [1.29, 1.82) is 0 Å². The van der Waals surface area contributed by atoms with Crippen LogP contribution in [0.4, 0.5) is 0 Å². The zero-order valence-electron chi connectivity index (χ0n) is 3.55. The van der Waals surface area contributed by atoms with Gasteiger partial charge in [0, 0.05) is 44.2 Å². The van der Waals surface area contributed by atoms with Crippen LogP contribution < -0.4 is 0 Å². The Bertz CT molecular complexity index is 76.2. The zero-order chi connectivity index (χ0) is 5.15. The van der Waals surface area contributed by atoms with E-state index < -0.39 is 11.8 Å². The Labute approximate surface area is 70.3 Å². The van der Waals surface area contributed by atoms with E-state index in [1.54, 1.807) is 0 Å². The van der Waals surface area contributed by atoms with E-state index in [9.17, 15) is 9.59 Å². The minimum Gasteiger partial charge on any atom is -0.476 e. The largest absolute Gasteiger partial charge is 0.476 e. The molecule has 0 saturated heterocycles.